The van der Waals surface area contributed by atoms with Crippen LogP contribution in [0.2, 0.25) is 0 Å². The van der Waals surface area contributed by atoms with Crippen LogP contribution < -0.4 is 0 Å². The second-order valence-corrected chi connectivity index (χ2v) is 20.0. The van der Waals surface area contributed by atoms with Crippen molar-refractivity contribution in [3.05, 3.63) is 36.5 Å². The van der Waals surface area contributed by atoms with Crippen LogP contribution in [0.5, 0.6) is 0 Å². The first-order valence-electron chi connectivity index (χ1n) is 25.7. The summed E-state index contributed by atoms with van der Waals surface area (Å²) in [6.07, 6.45) is 54.7. The van der Waals surface area contributed by atoms with Crippen LogP contribution in [-0.4, -0.2) is 75.6 Å². The van der Waals surface area contributed by atoms with Gasteiger partial charge in [-0.15, -0.1) is 0 Å². The van der Waals surface area contributed by atoms with Crippen molar-refractivity contribution in [1.29, 1.82) is 0 Å². The molecule has 0 heterocycles. The van der Waals surface area contributed by atoms with Gasteiger partial charge in [0.15, 0.2) is 0 Å². The Kier molecular flexibility index (Phi) is 44.3. The number of hydrogen-bond donors (Lipinski definition) is 1. The molecule has 1 N–H and O–H groups in total. The summed E-state index contributed by atoms with van der Waals surface area (Å²) >= 11 is 0. The highest BCUT2D eigenvalue weighted by atomic mass is 31.2. The number of phosphoric acid groups is 1. The molecule has 0 aromatic carbocycles. The van der Waals surface area contributed by atoms with Gasteiger partial charge in [0.05, 0.1) is 34.4 Å². The van der Waals surface area contributed by atoms with Crippen molar-refractivity contribution in [2.24, 2.45) is 0 Å². The van der Waals surface area contributed by atoms with E-state index in [0.29, 0.717) is 24.1 Å². The van der Waals surface area contributed by atoms with Crippen LogP contribution in [0.1, 0.15) is 232 Å². The number of esters is 1. The van der Waals surface area contributed by atoms with Gasteiger partial charge in [0.2, 0.25) is 0 Å². The molecule has 2 unspecified atom stereocenters. The fourth-order valence-corrected chi connectivity index (χ4v) is 7.95. The van der Waals surface area contributed by atoms with Crippen molar-refractivity contribution in [3.8, 4) is 0 Å². The third-order valence-corrected chi connectivity index (χ3v) is 12.2. The number of hydrogen-bond acceptors (Lipinski definition) is 6. The Labute approximate surface area is 378 Å². The molecule has 0 aromatic rings. The van der Waals surface area contributed by atoms with E-state index in [0.717, 1.165) is 57.8 Å². The molecule has 0 radical (unpaired) electrons. The van der Waals surface area contributed by atoms with E-state index in [2.05, 4.69) is 50.3 Å². The summed E-state index contributed by atoms with van der Waals surface area (Å²) in [5, 5.41) is 0. The third-order valence-electron chi connectivity index (χ3n) is 11.2. The number of nitrogens with zero attached hydrogens (tertiary/aromatic N) is 1. The highest BCUT2D eigenvalue weighted by molar-refractivity contribution is 7.47. The monoisotopic (exact) mass is 883 g/mol. The van der Waals surface area contributed by atoms with Gasteiger partial charge in [-0.05, 0) is 51.4 Å². The van der Waals surface area contributed by atoms with E-state index in [1.165, 1.54) is 154 Å². The minimum Gasteiger partial charge on any atom is -0.457 e. The molecular formula is C52H101NO7P+. The van der Waals surface area contributed by atoms with Gasteiger partial charge in [0.25, 0.3) is 0 Å². The molecule has 0 aliphatic carbocycles. The minimum atomic E-state index is -4.28. The van der Waals surface area contributed by atoms with E-state index in [4.69, 9.17) is 18.5 Å². The summed E-state index contributed by atoms with van der Waals surface area (Å²) in [6.45, 7) is 5.62. The maximum absolute atomic E-state index is 12.8. The first-order valence-corrected chi connectivity index (χ1v) is 27.2. The van der Waals surface area contributed by atoms with Gasteiger partial charge < -0.3 is 18.9 Å². The standard InChI is InChI=1S/C52H100NO7P/c1-6-8-10-12-14-16-18-20-22-24-26-28-30-32-34-36-38-40-42-44-47-57-49-51(50-59-61(55,56)58-48-46-53(3,4)5)60-52(54)45-43-41-39-37-35-33-31-29-27-25-23-21-19-17-15-13-11-9-7-2/h15,17,21,23,27,29,51H,6-14,16,18-20,22,24-26,28,30-50H2,1-5H3/p+1/b17-15-,23-21-,29-27-. The van der Waals surface area contributed by atoms with Crippen LogP contribution in [-0.2, 0) is 27.9 Å². The quantitative estimate of drug-likeness (QED) is 0.0214. The fraction of sp³-hybridized carbons (Fsp3) is 0.865. The van der Waals surface area contributed by atoms with Gasteiger partial charge in [0.1, 0.15) is 19.3 Å². The van der Waals surface area contributed by atoms with Crippen molar-refractivity contribution in [1.82, 2.24) is 0 Å². The molecule has 0 amide bonds. The Morgan fingerprint density at radius 1 is 0.508 bits per heavy atom. The number of likely N-dealkylation sites (N-methyl/N-ethyl adjacent to an activating group) is 1. The molecule has 9 heteroatoms. The molecule has 0 rings (SSSR count). The van der Waals surface area contributed by atoms with Crippen molar-refractivity contribution in [2.45, 2.75) is 238 Å². The Morgan fingerprint density at radius 2 is 0.902 bits per heavy atom. The minimum absolute atomic E-state index is 0.0868. The summed E-state index contributed by atoms with van der Waals surface area (Å²) in [5.74, 6) is -0.322. The second kappa shape index (κ2) is 45.3. The molecule has 61 heavy (non-hydrogen) atoms. The van der Waals surface area contributed by atoms with E-state index in [1.807, 2.05) is 21.1 Å². The zero-order valence-electron chi connectivity index (χ0n) is 40.9. The Hall–Kier alpha value is -1.28. The topological polar surface area (TPSA) is 91.3 Å². The highest BCUT2D eigenvalue weighted by Gasteiger charge is 2.26. The van der Waals surface area contributed by atoms with Gasteiger partial charge in [-0.25, -0.2) is 4.57 Å². The molecule has 0 aromatic heterocycles. The average Bonchev–Trinajstić information content (AvgIpc) is 3.22. The van der Waals surface area contributed by atoms with Crippen LogP contribution in [0.15, 0.2) is 36.5 Å². The molecule has 0 aliphatic heterocycles. The zero-order chi connectivity index (χ0) is 44.8. The van der Waals surface area contributed by atoms with Gasteiger partial charge in [-0.3, -0.25) is 13.8 Å². The number of carbonyl (C=O) groups is 1. The molecule has 8 nitrogen and oxygen atoms in total. The molecule has 2 atom stereocenters. The maximum Gasteiger partial charge on any atom is 0.472 e. The molecule has 360 valence electrons. The van der Waals surface area contributed by atoms with E-state index < -0.39 is 13.9 Å². The lowest BCUT2D eigenvalue weighted by Gasteiger charge is -2.24. The number of ether oxygens (including phenoxy) is 2. The van der Waals surface area contributed by atoms with Gasteiger partial charge in [-0.2, -0.15) is 0 Å². The van der Waals surface area contributed by atoms with E-state index in [9.17, 15) is 14.3 Å². The molecule has 0 fully saturated rings. The van der Waals surface area contributed by atoms with Crippen molar-refractivity contribution in [3.63, 3.8) is 0 Å². The first kappa shape index (κ1) is 59.7. The number of unbranched alkanes of at least 4 members (excludes halogenated alkanes) is 28. The predicted molar refractivity (Wildman–Crippen MR) is 261 cm³/mol. The Balaban J connectivity index is 4.15. The van der Waals surface area contributed by atoms with Crippen molar-refractivity contribution < 1.29 is 37.3 Å². The SMILES string of the molecule is CCCCC/C=C\C/C=C\C/C=C\CCCCCCCCC(=O)OC(COCCCCCCCCCCCCCCCCCCCCCC)COP(=O)(O)OCC[N+](C)(C)C. The van der Waals surface area contributed by atoms with Crippen LogP contribution in [0.3, 0.4) is 0 Å². The summed E-state index contributed by atoms with van der Waals surface area (Å²) < 4.78 is 35.2. The molecular weight excluding hydrogens is 782 g/mol. The lowest BCUT2D eigenvalue weighted by molar-refractivity contribution is -0.870. The zero-order valence-corrected chi connectivity index (χ0v) is 41.8. The Morgan fingerprint density at radius 3 is 1.38 bits per heavy atom. The van der Waals surface area contributed by atoms with Crippen LogP contribution in [0.4, 0.5) is 0 Å². The maximum atomic E-state index is 12.8. The summed E-state index contributed by atoms with van der Waals surface area (Å²) in [4.78, 5) is 23.0. The van der Waals surface area contributed by atoms with E-state index in [-0.39, 0.29) is 25.8 Å². The lowest BCUT2D eigenvalue weighted by atomic mass is 10.0. The molecule has 0 spiro atoms. The predicted octanol–water partition coefficient (Wildman–Crippen LogP) is 15.7. The van der Waals surface area contributed by atoms with Gasteiger partial charge in [0, 0.05) is 13.0 Å². The third kappa shape index (κ3) is 49.6. The molecule has 0 saturated carbocycles. The van der Waals surface area contributed by atoms with Gasteiger partial charge >= 0.3 is 13.8 Å². The first-order chi connectivity index (χ1) is 29.6. The largest absolute Gasteiger partial charge is 0.472 e. The Bertz CT molecular complexity index is 1070. The fourth-order valence-electron chi connectivity index (χ4n) is 7.21. The molecule has 0 aliphatic rings. The smallest absolute Gasteiger partial charge is 0.457 e. The summed E-state index contributed by atoms with van der Waals surface area (Å²) in [7, 11) is 1.67. The average molecular weight is 883 g/mol. The van der Waals surface area contributed by atoms with Crippen LogP contribution >= 0.6 is 7.82 Å². The van der Waals surface area contributed by atoms with Crippen LogP contribution in [0.25, 0.3) is 0 Å². The summed E-state index contributed by atoms with van der Waals surface area (Å²) in [5.41, 5.74) is 0. The van der Waals surface area contributed by atoms with E-state index >= 15 is 0 Å². The number of carbonyl (C=O) groups excluding carboxylic acids is 1. The lowest BCUT2D eigenvalue weighted by Crippen LogP contribution is -2.37. The number of phosphoric ester groups is 1. The second-order valence-electron chi connectivity index (χ2n) is 18.6. The van der Waals surface area contributed by atoms with E-state index in [1.54, 1.807) is 0 Å². The molecule has 0 saturated heterocycles. The number of rotatable bonds is 48. The number of quaternary nitrogens is 1. The summed E-state index contributed by atoms with van der Waals surface area (Å²) in [6, 6.07) is 0. The molecule has 0 bridgehead atoms. The number of allylic oxidation sites excluding steroid dienone is 6. The highest BCUT2D eigenvalue weighted by Crippen LogP contribution is 2.43. The van der Waals surface area contributed by atoms with Crippen molar-refractivity contribution in [2.75, 3.05) is 54.1 Å². The van der Waals surface area contributed by atoms with Crippen molar-refractivity contribution >= 4 is 13.8 Å². The van der Waals surface area contributed by atoms with Crippen LogP contribution in [0, 0.1) is 0 Å². The normalized spacial score (nSPS) is 13.9. The van der Waals surface area contributed by atoms with Gasteiger partial charge in [-0.1, -0.05) is 211 Å².